The van der Waals surface area contributed by atoms with Crippen LogP contribution in [0.3, 0.4) is 0 Å². The Morgan fingerprint density at radius 1 is 1.59 bits per heavy atom. The first-order chi connectivity index (χ1) is 7.44. The second kappa shape index (κ2) is 5.67. The Morgan fingerprint density at radius 3 is 2.12 bits per heavy atom. The first kappa shape index (κ1) is 16.2. The molecule has 0 radical (unpaired) electrons. The maximum atomic E-state index is 10.8. The third-order valence-corrected chi connectivity index (χ3v) is 3.90. The topological polar surface area (TPSA) is 104 Å². The molecule has 0 aromatic carbocycles. The van der Waals surface area contributed by atoms with E-state index in [0.717, 1.165) is 11.3 Å². The Morgan fingerprint density at radius 2 is 2.00 bits per heavy atom. The Bertz CT molecular complexity index is 497. The van der Waals surface area contributed by atoms with Crippen molar-refractivity contribution < 1.29 is 27.3 Å². The van der Waals surface area contributed by atoms with Crippen LogP contribution < -0.4 is 5.14 Å². The Balaban J connectivity index is 0.000000325. The number of hydrogen-bond acceptors (Lipinski definition) is 4. The molecular formula is C6H6ClF3N2O3S2. The van der Waals surface area contributed by atoms with E-state index in [-0.39, 0.29) is 0 Å². The van der Waals surface area contributed by atoms with Gasteiger partial charge in [0.2, 0.25) is 0 Å². The van der Waals surface area contributed by atoms with Crippen LogP contribution in [-0.4, -0.2) is 21.5 Å². The molecule has 1 atom stereocenters. The molecule has 0 aliphatic heterocycles. The van der Waals surface area contributed by atoms with Crippen LogP contribution in [0.25, 0.3) is 0 Å². The number of rotatable bonds is 1. The third-order valence-electron chi connectivity index (χ3n) is 1.08. The summed E-state index contributed by atoms with van der Waals surface area (Å²) >= 11 is 6.65. The molecule has 11 heteroatoms. The molecular weight excluding hydrogens is 305 g/mol. The summed E-state index contributed by atoms with van der Waals surface area (Å²) in [5.41, 5.74) is 0. The number of alkyl halides is 3. The van der Waals surface area contributed by atoms with E-state index in [0.29, 0.717) is 9.23 Å². The van der Waals surface area contributed by atoms with E-state index >= 15 is 0 Å². The Kier molecular flexibility index (Phi) is 5.39. The van der Waals surface area contributed by atoms with E-state index in [1.165, 1.54) is 6.07 Å². The van der Waals surface area contributed by atoms with Crippen molar-refractivity contribution in [1.82, 2.24) is 0 Å². The highest BCUT2D eigenvalue weighted by molar-refractivity contribution is 7.92. The highest BCUT2D eigenvalue weighted by Crippen LogP contribution is 2.22. The fraction of sp³-hybridized carbons (Fsp3) is 0.167. The fourth-order valence-corrected chi connectivity index (χ4v) is 2.34. The molecule has 0 bridgehead atoms. The van der Waals surface area contributed by atoms with Crippen molar-refractivity contribution in [2.45, 2.75) is 10.4 Å². The van der Waals surface area contributed by atoms with Crippen molar-refractivity contribution in [3.05, 3.63) is 16.5 Å². The van der Waals surface area contributed by atoms with Crippen LogP contribution >= 0.6 is 22.9 Å². The standard InChI is InChI=1S/C4H5ClN2OS2.C2HF3O2/c5-3-1-4(9-2-3)10(6,7)8;3-2(4,5)1(6)7/h1-2H,(H3,6,7,8);(H,6,7). The van der Waals surface area contributed by atoms with Gasteiger partial charge < -0.3 is 5.11 Å². The number of aliphatic carboxylic acids is 1. The maximum absolute atomic E-state index is 10.8. The van der Waals surface area contributed by atoms with Crippen molar-refractivity contribution in [1.29, 1.82) is 4.78 Å². The molecule has 98 valence electrons. The molecule has 0 saturated carbocycles. The first-order valence-electron chi connectivity index (χ1n) is 3.55. The first-order valence-corrected chi connectivity index (χ1v) is 6.43. The van der Waals surface area contributed by atoms with Gasteiger partial charge in [-0.25, -0.2) is 18.9 Å². The van der Waals surface area contributed by atoms with Gasteiger partial charge in [0.05, 0.1) is 5.02 Å². The maximum Gasteiger partial charge on any atom is 0.490 e. The summed E-state index contributed by atoms with van der Waals surface area (Å²) in [6.07, 6.45) is -5.08. The molecule has 4 N–H and O–H groups in total. The highest BCUT2D eigenvalue weighted by Gasteiger charge is 2.38. The van der Waals surface area contributed by atoms with Crippen molar-refractivity contribution in [3.63, 3.8) is 0 Å². The molecule has 0 amide bonds. The summed E-state index contributed by atoms with van der Waals surface area (Å²) in [4.78, 5) is 8.90. The number of carbonyl (C=O) groups is 1. The van der Waals surface area contributed by atoms with Crippen LogP contribution in [0.4, 0.5) is 13.2 Å². The summed E-state index contributed by atoms with van der Waals surface area (Å²) in [7, 11) is -3.05. The highest BCUT2D eigenvalue weighted by atomic mass is 35.5. The minimum absolute atomic E-state index is 0.317. The summed E-state index contributed by atoms with van der Waals surface area (Å²) in [5, 5.41) is 14.2. The molecule has 1 aromatic rings. The van der Waals surface area contributed by atoms with Crippen LogP contribution in [0, 0.1) is 4.78 Å². The molecule has 0 saturated heterocycles. The molecule has 0 spiro atoms. The number of carboxylic acids is 1. The van der Waals surface area contributed by atoms with Gasteiger partial charge in [-0.05, 0) is 6.07 Å². The lowest BCUT2D eigenvalue weighted by molar-refractivity contribution is -0.192. The zero-order valence-electron chi connectivity index (χ0n) is 7.82. The average molecular weight is 311 g/mol. The van der Waals surface area contributed by atoms with Gasteiger partial charge in [0.1, 0.15) is 14.1 Å². The SMILES string of the molecule is N=S(N)(=O)c1cc(Cl)cs1.O=C(O)C(F)(F)F. The average Bonchev–Trinajstić information content (AvgIpc) is 2.50. The molecule has 1 heterocycles. The van der Waals surface area contributed by atoms with Gasteiger partial charge in [-0.3, -0.25) is 0 Å². The number of hydrogen-bond donors (Lipinski definition) is 3. The predicted octanol–water partition coefficient (Wildman–Crippen LogP) is 2.31. The van der Waals surface area contributed by atoms with E-state index in [1.54, 1.807) is 5.38 Å². The lowest BCUT2D eigenvalue weighted by Gasteiger charge is -1.93. The molecule has 1 rings (SSSR count). The molecule has 17 heavy (non-hydrogen) atoms. The number of nitrogens with two attached hydrogens (primary N) is 1. The van der Waals surface area contributed by atoms with Gasteiger partial charge in [-0.1, -0.05) is 11.6 Å². The fourth-order valence-electron chi connectivity index (χ4n) is 0.454. The normalized spacial score (nSPS) is 14.4. The quantitative estimate of drug-likeness (QED) is 0.741. The molecule has 1 unspecified atom stereocenters. The van der Waals surface area contributed by atoms with E-state index in [1.807, 2.05) is 0 Å². The third kappa shape index (κ3) is 6.46. The number of thiophene rings is 1. The Labute approximate surface area is 103 Å². The van der Waals surface area contributed by atoms with Crippen molar-refractivity contribution in [3.8, 4) is 0 Å². The van der Waals surface area contributed by atoms with E-state index < -0.39 is 22.1 Å². The van der Waals surface area contributed by atoms with Gasteiger partial charge in [0.15, 0.2) is 0 Å². The molecule has 0 aliphatic rings. The lowest BCUT2D eigenvalue weighted by atomic mass is 10.7. The zero-order chi connectivity index (χ0) is 13.9. The second-order valence-corrected chi connectivity index (χ2v) is 5.73. The minimum Gasteiger partial charge on any atom is -0.475 e. The lowest BCUT2D eigenvalue weighted by Crippen LogP contribution is -2.21. The van der Waals surface area contributed by atoms with Crippen molar-refractivity contribution in [2.75, 3.05) is 0 Å². The molecule has 0 fully saturated rings. The molecule has 0 aliphatic carbocycles. The van der Waals surface area contributed by atoms with Gasteiger partial charge in [-0.15, -0.1) is 11.3 Å². The summed E-state index contributed by atoms with van der Waals surface area (Å²) < 4.78 is 49.8. The van der Waals surface area contributed by atoms with Gasteiger partial charge in [-0.2, -0.15) is 13.2 Å². The van der Waals surface area contributed by atoms with E-state index in [9.17, 15) is 17.4 Å². The minimum atomic E-state index is -5.08. The van der Waals surface area contributed by atoms with Gasteiger partial charge in [0.25, 0.3) is 0 Å². The van der Waals surface area contributed by atoms with Gasteiger partial charge in [0, 0.05) is 5.38 Å². The van der Waals surface area contributed by atoms with Crippen molar-refractivity contribution in [2.24, 2.45) is 5.14 Å². The van der Waals surface area contributed by atoms with E-state index in [4.69, 9.17) is 31.4 Å². The largest absolute Gasteiger partial charge is 0.490 e. The van der Waals surface area contributed by atoms with Crippen LogP contribution in [-0.2, 0) is 14.7 Å². The molecule has 1 aromatic heterocycles. The van der Waals surface area contributed by atoms with Crippen LogP contribution in [0.1, 0.15) is 0 Å². The summed E-state index contributed by atoms with van der Waals surface area (Å²) in [5.74, 6) is -2.76. The number of carboxylic acid groups (broad SMARTS) is 1. The monoisotopic (exact) mass is 310 g/mol. The Hall–Kier alpha value is -0.840. The second-order valence-electron chi connectivity index (χ2n) is 2.49. The van der Waals surface area contributed by atoms with E-state index in [2.05, 4.69) is 0 Å². The smallest absolute Gasteiger partial charge is 0.475 e. The summed E-state index contributed by atoms with van der Waals surface area (Å²) in [6.45, 7) is 0. The van der Waals surface area contributed by atoms with Crippen LogP contribution in [0.2, 0.25) is 5.02 Å². The van der Waals surface area contributed by atoms with Crippen molar-refractivity contribution >= 4 is 38.8 Å². The predicted molar refractivity (Wildman–Crippen MR) is 56.3 cm³/mol. The van der Waals surface area contributed by atoms with Crippen LogP contribution in [0.5, 0.6) is 0 Å². The summed E-state index contributed by atoms with van der Waals surface area (Å²) in [6, 6.07) is 1.45. The number of halogens is 4. The van der Waals surface area contributed by atoms with Gasteiger partial charge >= 0.3 is 12.1 Å². The molecule has 5 nitrogen and oxygen atoms in total. The zero-order valence-corrected chi connectivity index (χ0v) is 10.2. The van der Waals surface area contributed by atoms with Crippen LogP contribution in [0.15, 0.2) is 15.7 Å². The number of nitrogens with one attached hydrogen (secondary N) is 1.